The number of thioether (sulfide) groups is 1. The number of nitrogens with zero attached hydrogens (tertiary/aromatic N) is 1. The van der Waals surface area contributed by atoms with Gasteiger partial charge in [0.25, 0.3) is 5.24 Å². The molecule has 2 aliphatic rings. The Kier molecular flexibility index (Phi) is 4.19. The maximum atomic E-state index is 11.8. The number of allylic oxidation sites excluding steroid dienone is 2. The second-order valence-electron chi connectivity index (χ2n) is 6.49. The third kappa shape index (κ3) is 3.00. The number of hydrogen-bond donors (Lipinski definition) is 1. The number of carbonyl (C=O) groups excluding carboxylic acids is 2. The van der Waals surface area contributed by atoms with Gasteiger partial charge in [-0.2, -0.15) is 0 Å². The van der Waals surface area contributed by atoms with Crippen LogP contribution in [0.2, 0.25) is 0 Å². The highest BCUT2D eigenvalue weighted by Crippen LogP contribution is 2.28. The smallest absolute Gasteiger partial charge is 0.286 e. The van der Waals surface area contributed by atoms with E-state index in [0.29, 0.717) is 6.42 Å². The molecule has 1 saturated heterocycles. The Morgan fingerprint density at radius 3 is 2.88 bits per heavy atom. The lowest BCUT2D eigenvalue weighted by atomic mass is 9.99. The van der Waals surface area contributed by atoms with Crippen molar-refractivity contribution in [2.75, 3.05) is 0 Å². The summed E-state index contributed by atoms with van der Waals surface area (Å²) in [5.74, 6) is -0.172. The SMILES string of the molecule is O=C1NC(=O)C(Cc2cccc3c2ccn3CC2=CCCCC2)S1. The van der Waals surface area contributed by atoms with Crippen molar-refractivity contribution in [3.8, 4) is 0 Å². The maximum Gasteiger partial charge on any atom is 0.286 e. The van der Waals surface area contributed by atoms with Crippen LogP contribution in [0.5, 0.6) is 0 Å². The van der Waals surface area contributed by atoms with Gasteiger partial charge in [-0.15, -0.1) is 0 Å². The molecule has 2 amide bonds. The third-order valence-corrected chi connectivity index (χ3v) is 5.82. The lowest BCUT2D eigenvalue weighted by Gasteiger charge is -2.14. The summed E-state index contributed by atoms with van der Waals surface area (Å²) in [6.07, 6.45) is 10.1. The van der Waals surface area contributed by atoms with E-state index < -0.39 is 0 Å². The number of aromatic nitrogens is 1. The highest BCUT2D eigenvalue weighted by molar-refractivity contribution is 8.15. The molecular formula is C19H20N2O2S. The highest BCUT2D eigenvalue weighted by atomic mass is 32.2. The summed E-state index contributed by atoms with van der Waals surface area (Å²) in [5.41, 5.74) is 3.85. The summed E-state index contributed by atoms with van der Waals surface area (Å²) in [4.78, 5) is 23.2. The predicted octanol–water partition coefficient (Wildman–Crippen LogP) is 4.04. The molecule has 1 aliphatic carbocycles. The minimum absolute atomic E-state index is 0.172. The van der Waals surface area contributed by atoms with Crippen molar-refractivity contribution in [3.05, 3.63) is 47.7 Å². The van der Waals surface area contributed by atoms with Gasteiger partial charge in [0.15, 0.2) is 0 Å². The molecule has 4 rings (SSSR count). The number of imide groups is 1. The lowest BCUT2D eigenvalue weighted by molar-refractivity contribution is -0.118. The van der Waals surface area contributed by atoms with Crippen LogP contribution < -0.4 is 5.32 Å². The predicted molar refractivity (Wildman–Crippen MR) is 97.1 cm³/mol. The fourth-order valence-corrected chi connectivity index (χ4v) is 4.44. The molecule has 0 bridgehead atoms. The van der Waals surface area contributed by atoms with Crippen molar-refractivity contribution >= 4 is 33.8 Å². The Bertz CT molecular complexity index is 837. The second kappa shape index (κ2) is 6.48. The first-order valence-corrected chi connectivity index (χ1v) is 9.35. The van der Waals surface area contributed by atoms with E-state index in [2.05, 4.69) is 40.4 Å². The van der Waals surface area contributed by atoms with E-state index in [4.69, 9.17) is 0 Å². The molecule has 1 fully saturated rings. The zero-order valence-corrected chi connectivity index (χ0v) is 14.3. The van der Waals surface area contributed by atoms with Gasteiger partial charge in [-0.25, -0.2) is 0 Å². The van der Waals surface area contributed by atoms with Crippen molar-refractivity contribution in [3.63, 3.8) is 0 Å². The van der Waals surface area contributed by atoms with Crippen LogP contribution in [-0.4, -0.2) is 21.0 Å². The summed E-state index contributed by atoms with van der Waals surface area (Å²) in [7, 11) is 0. The van der Waals surface area contributed by atoms with Crippen LogP contribution in [0.1, 0.15) is 31.2 Å². The van der Waals surface area contributed by atoms with E-state index in [1.165, 1.54) is 42.2 Å². The Labute approximate surface area is 145 Å². The molecule has 1 aliphatic heterocycles. The fourth-order valence-electron chi connectivity index (χ4n) is 3.60. The molecule has 1 atom stereocenters. The van der Waals surface area contributed by atoms with Gasteiger partial charge < -0.3 is 4.57 Å². The number of amides is 2. The lowest BCUT2D eigenvalue weighted by Crippen LogP contribution is -2.25. The molecule has 1 unspecified atom stereocenters. The van der Waals surface area contributed by atoms with E-state index in [9.17, 15) is 9.59 Å². The van der Waals surface area contributed by atoms with E-state index in [1.54, 1.807) is 0 Å². The summed E-state index contributed by atoms with van der Waals surface area (Å²) in [5, 5.41) is 3.00. The van der Waals surface area contributed by atoms with Gasteiger partial charge in [0.05, 0.1) is 5.25 Å². The summed E-state index contributed by atoms with van der Waals surface area (Å²) in [6, 6.07) is 8.37. The Hall–Kier alpha value is -2.01. The topological polar surface area (TPSA) is 51.1 Å². The Morgan fingerprint density at radius 1 is 1.21 bits per heavy atom. The number of rotatable bonds is 4. The van der Waals surface area contributed by atoms with Crippen LogP contribution in [0.25, 0.3) is 10.9 Å². The van der Waals surface area contributed by atoms with E-state index in [1.807, 2.05) is 6.07 Å². The van der Waals surface area contributed by atoms with Crippen molar-refractivity contribution in [2.45, 2.75) is 43.9 Å². The van der Waals surface area contributed by atoms with Crippen LogP contribution in [0, 0.1) is 0 Å². The molecule has 24 heavy (non-hydrogen) atoms. The number of carbonyl (C=O) groups is 2. The van der Waals surface area contributed by atoms with Gasteiger partial charge in [-0.1, -0.05) is 35.5 Å². The standard InChI is InChI=1S/C19H20N2O2S/c22-18-17(24-19(23)20-18)11-14-7-4-8-16-15(14)9-10-21(16)12-13-5-2-1-3-6-13/h4-5,7-10,17H,1-3,6,11-12H2,(H,20,22,23). The zero-order valence-electron chi connectivity index (χ0n) is 13.5. The van der Waals surface area contributed by atoms with Crippen LogP contribution >= 0.6 is 11.8 Å². The Morgan fingerprint density at radius 2 is 2.12 bits per heavy atom. The quantitative estimate of drug-likeness (QED) is 0.855. The molecule has 124 valence electrons. The molecule has 4 nitrogen and oxygen atoms in total. The van der Waals surface area contributed by atoms with E-state index >= 15 is 0 Å². The molecule has 1 aromatic heterocycles. The summed E-state index contributed by atoms with van der Waals surface area (Å²) in [6.45, 7) is 0.949. The minimum atomic E-state index is -0.312. The molecule has 2 heterocycles. The maximum absolute atomic E-state index is 11.8. The van der Waals surface area contributed by atoms with Gasteiger partial charge in [0.1, 0.15) is 0 Å². The average Bonchev–Trinajstić information content (AvgIpc) is 3.13. The number of hydrogen-bond acceptors (Lipinski definition) is 3. The van der Waals surface area contributed by atoms with Crippen molar-refractivity contribution in [1.29, 1.82) is 0 Å². The van der Waals surface area contributed by atoms with Gasteiger partial charge in [-0.05, 0) is 49.8 Å². The molecule has 1 aromatic carbocycles. The molecule has 5 heteroatoms. The Balaban J connectivity index is 1.60. The van der Waals surface area contributed by atoms with E-state index in [-0.39, 0.29) is 16.4 Å². The van der Waals surface area contributed by atoms with Gasteiger partial charge in [0, 0.05) is 23.6 Å². The van der Waals surface area contributed by atoms with Crippen molar-refractivity contribution < 1.29 is 9.59 Å². The highest BCUT2D eigenvalue weighted by Gasteiger charge is 2.31. The first kappa shape index (κ1) is 15.5. The number of nitrogens with one attached hydrogen (secondary N) is 1. The zero-order chi connectivity index (χ0) is 16.5. The van der Waals surface area contributed by atoms with Crippen LogP contribution in [0.15, 0.2) is 42.1 Å². The first-order valence-electron chi connectivity index (χ1n) is 8.47. The molecule has 0 saturated carbocycles. The van der Waals surface area contributed by atoms with Crippen LogP contribution in [0.4, 0.5) is 4.79 Å². The van der Waals surface area contributed by atoms with Crippen molar-refractivity contribution in [1.82, 2.24) is 9.88 Å². The monoisotopic (exact) mass is 340 g/mol. The van der Waals surface area contributed by atoms with Crippen LogP contribution in [0.3, 0.4) is 0 Å². The fraction of sp³-hybridized carbons (Fsp3) is 0.368. The molecular weight excluding hydrogens is 320 g/mol. The summed E-state index contributed by atoms with van der Waals surface area (Å²) < 4.78 is 2.29. The molecule has 2 aromatic rings. The molecule has 0 radical (unpaired) electrons. The van der Waals surface area contributed by atoms with Gasteiger partial charge in [-0.3, -0.25) is 14.9 Å². The molecule has 0 spiro atoms. The average molecular weight is 340 g/mol. The second-order valence-corrected chi connectivity index (χ2v) is 7.66. The number of fused-ring (bicyclic) bond motifs is 1. The van der Waals surface area contributed by atoms with Gasteiger partial charge in [0.2, 0.25) is 5.91 Å². The largest absolute Gasteiger partial charge is 0.343 e. The summed E-state index contributed by atoms with van der Waals surface area (Å²) >= 11 is 1.10. The van der Waals surface area contributed by atoms with Crippen molar-refractivity contribution in [2.24, 2.45) is 0 Å². The first-order chi connectivity index (χ1) is 11.7. The molecule has 1 N–H and O–H groups in total. The minimum Gasteiger partial charge on any atom is -0.343 e. The van der Waals surface area contributed by atoms with Crippen LogP contribution in [-0.2, 0) is 17.8 Å². The van der Waals surface area contributed by atoms with Gasteiger partial charge >= 0.3 is 0 Å². The normalized spacial score (nSPS) is 21.2. The number of benzene rings is 1. The third-order valence-electron chi connectivity index (χ3n) is 4.83. The van der Waals surface area contributed by atoms with E-state index in [0.717, 1.165) is 23.9 Å².